The number of ether oxygens (including phenoxy) is 1. The molecule has 1 amide bonds. The molecule has 1 atom stereocenters. The fourth-order valence-electron chi connectivity index (χ4n) is 4.13. The Labute approximate surface area is 200 Å². The highest BCUT2D eigenvalue weighted by Crippen LogP contribution is 2.44. The first-order chi connectivity index (χ1) is 16.5. The zero-order valence-corrected chi connectivity index (χ0v) is 19.5. The molecule has 5 rings (SSSR count). The highest BCUT2D eigenvalue weighted by atomic mass is 32.1. The lowest BCUT2D eigenvalue weighted by Gasteiger charge is -2.22. The minimum Gasteiger partial charge on any atom is -0.507 e. The molecule has 1 aromatic heterocycles. The first-order valence-corrected chi connectivity index (χ1v) is 11.8. The molecule has 34 heavy (non-hydrogen) atoms. The highest BCUT2D eigenvalue weighted by Gasteiger charge is 2.48. The van der Waals surface area contributed by atoms with Gasteiger partial charge in [0.2, 0.25) is 0 Å². The molecule has 170 valence electrons. The van der Waals surface area contributed by atoms with E-state index in [1.807, 2.05) is 62.4 Å². The van der Waals surface area contributed by atoms with Crippen molar-refractivity contribution in [1.29, 1.82) is 0 Å². The number of carbonyl (C=O) groups is 2. The number of aliphatic hydroxyl groups excluding tert-OH is 1. The Bertz CT molecular complexity index is 1420. The number of ketones is 1. The average molecular weight is 471 g/mol. The lowest BCUT2D eigenvalue weighted by atomic mass is 9.95. The Morgan fingerprint density at radius 3 is 2.50 bits per heavy atom. The number of hydrogen-bond donors (Lipinski definition) is 1. The summed E-state index contributed by atoms with van der Waals surface area (Å²) < 4.78 is 6.40. The number of aromatic nitrogens is 1. The largest absolute Gasteiger partial charge is 0.507 e. The number of benzene rings is 3. The highest BCUT2D eigenvalue weighted by molar-refractivity contribution is 7.22. The van der Waals surface area contributed by atoms with E-state index in [1.165, 1.54) is 16.2 Å². The number of amides is 1. The van der Waals surface area contributed by atoms with E-state index in [1.54, 1.807) is 24.3 Å². The summed E-state index contributed by atoms with van der Waals surface area (Å²) in [6.07, 6.45) is 0. The zero-order chi connectivity index (χ0) is 23.8. The van der Waals surface area contributed by atoms with Gasteiger partial charge in [0, 0.05) is 5.56 Å². The molecule has 0 aliphatic carbocycles. The second-order valence-electron chi connectivity index (χ2n) is 8.00. The molecule has 7 heteroatoms. The van der Waals surface area contributed by atoms with Crippen LogP contribution in [0.5, 0.6) is 5.75 Å². The van der Waals surface area contributed by atoms with Crippen LogP contribution >= 0.6 is 11.3 Å². The van der Waals surface area contributed by atoms with Crippen LogP contribution in [0.3, 0.4) is 0 Å². The van der Waals surface area contributed by atoms with Gasteiger partial charge in [0.15, 0.2) is 5.13 Å². The van der Waals surface area contributed by atoms with E-state index in [2.05, 4.69) is 4.98 Å². The Balaban J connectivity index is 1.67. The fourth-order valence-corrected chi connectivity index (χ4v) is 5.22. The van der Waals surface area contributed by atoms with Crippen molar-refractivity contribution in [3.8, 4) is 5.75 Å². The lowest BCUT2D eigenvalue weighted by Crippen LogP contribution is -2.29. The smallest absolute Gasteiger partial charge is 0.301 e. The van der Waals surface area contributed by atoms with Crippen LogP contribution < -0.4 is 9.64 Å². The lowest BCUT2D eigenvalue weighted by molar-refractivity contribution is -0.132. The van der Waals surface area contributed by atoms with Crippen LogP contribution in [0.4, 0.5) is 5.13 Å². The van der Waals surface area contributed by atoms with E-state index in [9.17, 15) is 14.7 Å². The maximum absolute atomic E-state index is 13.3. The molecule has 3 aromatic carbocycles. The van der Waals surface area contributed by atoms with Crippen molar-refractivity contribution in [1.82, 2.24) is 4.98 Å². The van der Waals surface area contributed by atoms with Crippen molar-refractivity contribution in [2.45, 2.75) is 19.9 Å². The number of anilines is 1. The summed E-state index contributed by atoms with van der Waals surface area (Å²) in [6, 6.07) is 21.1. The second-order valence-corrected chi connectivity index (χ2v) is 9.01. The van der Waals surface area contributed by atoms with Crippen LogP contribution in [-0.4, -0.2) is 28.4 Å². The standard InChI is InChI=1S/C27H22N2O4S/c1-3-33-19-12-10-18(11-13-19)24(30)22-23(17-7-5-4-6-8-17)29(26(32)25(22)31)27-28-20-14-9-16(2)15-21(20)34-27/h4-15,23,30H,3H2,1-2H3/b24-22+. The molecule has 2 heterocycles. The van der Waals surface area contributed by atoms with Crippen LogP contribution in [0.15, 0.2) is 78.4 Å². The number of fused-ring (bicyclic) bond motifs is 1. The van der Waals surface area contributed by atoms with Crippen molar-refractivity contribution in [3.63, 3.8) is 0 Å². The van der Waals surface area contributed by atoms with Gasteiger partial charge in [-0.05, 0) is 61.4 Å². The predicted molar refractivity (Wildman–Crippen MR) is 133 cm³/mol. The number of thiazole rings is 1. The summed E-state index contributed by atoms with van der Waals surface area (Å²) in [5.74, 6) is -1.02. The molecular formula is C27H22N2O4S. The molecule has 1 N–H and O–H groups in total. The summed E-state index contributed by atoms with van der Waals surface area (Å²) in [5, 5.41) is 11.6. The van der Waals surface area contributed by atoms with Crippen LogP contribution in [-0.2, 0) is 9.59 Å². The van der Waals surface area contributed by atoms with Gasteiger partial charge in [-0.15, -0.1) is 0 Å². The minimum absolute atomic E-state index is 0.0378. The van der Waals surface area contributed by atoms with Gasteiger partial charge in [-0.25, -0.2) is 4.98 Å². The summed E-state index contributed by atoms with van der Waals surface area (Å²) in [5.41, 5.74) is 3.02. The van der Waals surface area contributed by atoms with Gasteiger partial charge < -0.3 is 9.84 Å². The van der Waals surface area contributed by atoms with Gasteiger partial charge in [0.25, 0.3) is 5.78 Å². The van der Waals surface area contributed by atoms with E-state index in [0.717, 1.165) is 15.8 Å². The van der Waals surface area contributed by atoms with Crippen LogP contribution in [0, 0.1) is 6.92 Å². The Morgan fingerprint density at radius 2 is 1.79 bits per heavy atom. The van der Waals surface area contributed by atoms with Gasteiger partial charge >= 0.3 is 5.91 Å². The second kappa shape index (κ2) is 8.76. The predicted octanol–water partition coefficient (Wildman–Crippen LogP) is 5.63. The van der Waals surface area contributed by atoms with E-state index >= 15 is 0 Å². The fraction of sp³-hybridized carbons (Fsp3) is 0.148. The molecule has 0 bridgehead atoms. The zero-order valence-electron chi connectivity index (χ0n) is 18.7. The van der Waals surface area contributed by atoms with Crippen LogP contribution in [0.2, 0.25) is 0 Å². The van der Waals surface area contributed by atoms with E-state index in [4.69, 9.17) is 4.74 Å². The monoisotopic (exact) mass is 470 g/mol. The Morgan fingerprint density at radius 1 is 1.06 bits per heavy atom. The molecule has 1 unspecified atom stereocenters. The van der Waals surface area contributed by atoms with Gasteiger partial charge in [-0.2, -0.15) is 0 Å². The molecule has 1 fully saturated rings. The number of carbonyl (C=O) groups excluding carboxylic acids is 2. The van der Waals surface area contributed by atoms with Crippen molar-refractivity contribution in [2.24, 2.45) is 0 Å². The number of rotatable bonds is 5. The van der Waals surface area contributed by atoms with Crippen molar-refractivity contribution >= 4 is 44.1 Å². The summed E-state index contributed by atoms with van der Waals surface area (Å²) in [4.78, 5) is 32.6. The third kappa shape index (κ3) is 3.74. The molecule has 0 radical (unpaired) electrons. The quantitative estimate of drug-likeness (QED) is 0.232. The van der Waals surface area contributed by atoms with Gasteiger partial charge in [-0.1, -0.05) is 47.7 Å². The molecule has 1 saturated heterocycles. The molecule has 0 spiro atoms. The SMILES string of the molecule is CCOc1ccc(/C(O)=C2\C(=O)C(=O)N(c3nc4ccc(C)cc4s3)C2c2ccccc2)cc1. The van der Waals surface area contributed by atoms with Crippen LogP contribution in [0.1, 0.15) is 29.7 Å². The molecule has 1 aliphatic heterocycles. The third-order valence-corrected chi connectivity index (χ3v) is 6.75. The third-order valence-electron chi connectivity index (χ3n) is 5.74. The van der Waals surface area contributed by atoms with Crippen molar-refractivity contribution in [2.75, 3.05) is 11.5 Å². The number of aryl methyl sites for hydroxylation is 1. The maximum atomic E-state index is 13.3. The maximum Gasteiger partial charge on any atom is 0.301 e. The van der Waals surface area contributed by atoms with Crippen LogP contribution in [0.25, 0.3) is 16.0 Å². The number of aliphatic hydroxyl groups is 1. The molecule has 6 nitrogen and oxygen atoms in total. The minimum atomic E-state index is -0.797. The van der Waals surface area contributed by atoms with Crippen molar-refractivity contribution < 1.29 is 19.4 Å². The average Bonchev–Trinajstić information content (AvgIpc) is 3.37. The molecule has 4 aromatic rings. The Hall–Kier alpha value is -3.97. The summed E-state index contributed by atoms with van der Waals surface area (Å²) in [7, 11) is 0. The summed E-state index contributed by atoms with van der Waals surface area (Å²) in [6.45, 7) is 4.40. The van der Waals surface area contributed by atoms with Crippen molar-refractivity contribution in [3.05, 3.63) is 95.1 Å². The van der Waals surface area contributed by atoms with Gasteiger partial charge in [0.1, 0.15) is 11.5 Å². The van der Waals surface area contributed by atoms with E-state index in [-0.39, 0.29) is 11.3 Å². The normalized spacial score (nSPS) is 17.5. The number of Topliss-reactive ketones (excluding diaryl/α,β-unsaturated/α-hetero) is 1. The Kier molecular flexibility index (Phi) is 5.63. The molecule has 0 saturated carbocycles. The van der Waals surface area contributed by atoms with Gasteiger partial charge in [-0.3, -0.25) is 14.5 Å². The van der Waals surface area contributed by atoms with E-state index < -0.39 is 17.7 Å². The summed E-state index contributed by atoms with van der Waals surface area (Å²) >= 11 is 1.35. The molecular weight excluding hydrogens is 448 g/mol. The van der Waals surface area contributed by atoms with E-state index in [0.29, 0.717) is 28.6 Å². The first kappa shape index (κ1) is 21.9. The van der Waals surface area contributed by atoms with Gasteiger partial charge in [0.05, 0.1) is 28.4 Å². The number of nitrogens with zero attached hydrogens (tertiary/aromatic N) is 2. The molecule has 1 aliphatic rings. The topological polar surface area (TPSA) is 79.7 Å². The number of hydrogen-bond acceptors (Lipinski definition) is 6. The first-order valence-electron chi connectivity index (χ1n) is 10.9.